The Morgan fingerprint density at radius 1 is 1.38 bits per heavy atom. The van der Waals surface area contributed by atoms with Crippen LogP contribution in [0.3, 0.4) is 0 Å². The molecule has 0 saturated carbocycles. The number of amides is 1. The second kappa shape index (κ2) is 4.75. The Kier molecular flexibility index (Phi) is 3.35. The molecule has 1 amide bonds. The molecule has 0 atom stereocenters. The van der Waals surface area contributed by atoms with E-state index >= 15 is 0 Å². The summed E-state index contributed by atoms with van der Waals surface area (Å²) in [6.45, 7) is 3.60. The van der Waals surface area contributed by atoms with Gasteiger partial charge in [0.1, 0.15) is 0 Å². The van der Waals surface area contributed by atoms with Crippen molar-refractivity contribution >= 4 is 23.5 Å². The summed E-state index contributed by atoms with van der Waals surface area (Å²) in [6, 6.07) is 0. The van der Waals surface area contributed by atoms with E-state index in [0.29, 0.717) is 5.69 Å². The number of nitrogens with one attached hydrogen (secondary N) is 1. The first-order valence-electron chi connectivity index (χ1n) is 5.20. The van der Waals surface area contributed by atoms with E-state index in [2.05, 4.69) is 19.0 Å². The van der Waals surface area contributed by atoms with Gasteiger partial charge in [0.25, 0.3) is 5.91 Å². The van der Waals surface area contributed by atoms with Crippen molar-refractivity contribution in [2.75, 3.05) is 45.2 Å². The number of anilines is 1. The minimum atomic E-state index is -0.0812. The van der Waals surface area contributed by atoms with Gasteiger partial charge in [0, 0.05) is 40.3 Å². The second-order valence-electron chi connectivity index (χ2n) is 3.87. The van der Waals surface area contributed by atoms with E-state index in [-0.39, 0.29) is 5.91 Å². The normalized spacial score (nSPS) is 16.2. The van der Waals surface area contributed by atoms with Crippen LogP contribution in [-0.2, 0) is 0 Å². The third-order valence-corrected chi connectivity index (χ3v) is 3.02. The fraction of sp³-hybridized carbons (Fsp3) is 0.667. The Morgan fingerprint density at radius 2 is 2.06 bits per heavy atom. The molecule has 6 nitrogen and oxygen atoms in total. The number of nitrogens with zero attached hydrogens (tertiary/aromatic N) is 4. The topological polar surface area (TPSA) is 61.4 Å². The summed E-state index contributed by atoms with van der Waals surface area (Å²) in [6.07, 6.45) is 0. The maximum atomic E-state index is 11.9. The zero-order chi connectivity index (χ0) is 11.5. The number of aromatic nitrogens is 2. The van der Waals surface area contributed by atoms with Gasteiger partial charge >= 0.3 is 0 Å². The molecule has 16 heavy (non-hydrogen) atoms. The molecule has 0 aliphatic carbocycles. The van der Waals surface area contributed by atoms with Crippen LogP contribution in [0, 0.1) is 0 Å². The predicted molar refractivity (Wildman–Crippen MR) is 63.0 cm³/mol. The molecule has 1 aromatic heterocycles. The van der Waals surface area contributed by atoms with Crippen molar-refractivity contribution in [1.82, 2.24) is 19.0 Å². The summed E-state index contributed by atoms with van der Waals surface area (Å²) >= 11 is 1.10. The van der Waals surface area contributed by atoms with Crippen molar-refractivity contribution in [1.29, 1.82) is 0 Å². The summed E-state index contributed by atoms with van der Waals surface area (Å²) in [5.74, 6) is 0.646. The number of piperazine rings is 1. The lowest BCUT2D eigenvalue weighted by Gasteiger charge is -2.27. The van der Waals surface area contributed by atoms with Crippen molar-refractivity contribution in [2.24, 2.45) is 0 Å². The van der Waals surface area contributed by atoms with Gasteiger partial charge in [-0.2, -0.15) is 8.75 Å². The van der Waals surface area contributed by atoms with Crippen LogP contribution in [0.4, 0.5) is 5.82 Å². The van der Waals surface area contributed by atoms with Crippen molar-refractivity contribution in [3.8, 4) is 0 Å². The number of carbonyl (C=O) groups excluding carboxylic acids is 1. The van der Waals surface area contributed by atoms with E-state index in [1.54, 1.807) is 14.1 Å². The van der Waals surface area contributed by atoms with Crippen LogP contribution < -0.4 is 10.2 Å². The van der Waals surface area contributed by atoms with Crippen LogP contribution in [0.15, 0.2) is 0 Å². The first-order chi connectivity index (χ1) is 7.70. The smallest absolute Gasteiger partial charge is 0.276 e. The Hall–Kier alpha value is -1.21. The first kappa shape index (κ1) is 11.3. The maximum absolute atomic E-state index is 11.9. The Bertz CT molecular complexity index is 372. The molecule has 0 bridgehead atoms. The molecule has 7 heteroatoms. The predicted octanol–water partition coefficient (Wildman–Crippen LogP) is -0.350. The molecule has 0 aromatic carbocycles. The van der Waals surface area contributed by atoms with E-state index in [1.807, 2.05) is 0 Å². The SMILES string of the molecule is CN(C)C(=O)c1nsnc1N1CCNCC1. The van der Waals surface area contributed by atoms with Gasteiger partial charge in [-0.3, -0.25) is 4.79 Å². The third kappa shape index (κ3) is 2.14. The number of hydrogen-bond acceptors (Lipinski definition) is 6. The highest BCUT2D eigenvalue weighted by molar-refractivity contribution is 6.99. The summed E-state index contributed by atoms with van der Waals surface area (Å²) in [5.41, 5.74) is 0.469. The zero-order valence-corrected chi connectivity index (χ0v) is 10.3. The summed E-state index contributed by atoms with van der Waals surface area (Å²) < 4.78 is 8.31. The van der Waals surface area contributed by atoms with Gasteiger partial charge < -0.3 is 15.1 Å². The number of rotatable bonds is 2. The van der Waals surface area contributed by atoms with E-state index in [1.165, 1.54) is 4.90 Å². The minimum Gasteiger partial charge on any atom is -0.351 e. The van der Waals surface area contributed by atoms with Gasteiger partial charge in [0.15, 0.2) is 11.5 Å². The van der Waals surface area contributed by atoms with Crippen LogP contribution >= 0.6 is 11.7 Å². The lowest BCUT2D eigenvalue weighted by Crippen LogP contribution is -2.44. The van der Waals surface area contributed by atoms with E-state index in [9.17, 15) is 4.79 Å². The average Bonchev–Trinajstić information content (AvgIpc) is 2.77. The van der Waals surface area contributed by atoms with Crippen molar-refractivity contribution < 1.29 is 4.79 Å². The summed E-state index contributed by atoms with van der Waals surface area (Å²) in [5, 5.41) is 3.27. The first-order valence-corrected chi connectivity index (χ1v) is 5.93. The quantitative estimate of drug-likeness (QED) is 0.767. The molecule has 1 fully saturated rings. The maximum Gasteiger partial charge on any atom is 0.276 e. The van der Waals surface area contributed by atoms with Crippen LogP contribution in [-0.4, -0.2) is 59.8 Å². The highest BCUT2D eigenvalue weighted by Crippen LogP contribution is 2.19. The van der Waals surface area contributed by atoms with Gasteiger partial charge in [0.2, 0.25) is 0 Å². The fourth-order valence-corrected chi connectivity index (χ4v) is 2.18. The van der Waals surface area contributed by atoms with Crippen molar-refractivity contribution in [2.45, 2.75) is 0 Å². The molecule has 0 spiro atoms. The standard InChI is InChI=1S/C9H15N5OS/c1-13(2)9(15)7-8(12-16-11-7)14-5-3-10-4-6-14/h10H,3-6H2,1-2H3. The molecule has 0 unspecified atom stereocenters. The third-order valence-electron chi connectivity index (χ3n) is 2.50. The molecule has 1 saturated heterocycles. The lowest BCUT2D eigenvalue weighted by molar-refractivity contribution is 0.0823. The molecule has 2 heterocycles. The fourth-order valence-electron chi connectivity index (χ4n) is 1.61. The van der Waals surface area contributed by atoms with Gasteiger partial charge in [-0.15, -0.1) is 0 Å². The molecule has 0 radical (unpaired) electrons. The summed E-state index contributed by atoms with van der Waals surface area (Å²) in [4.78, 5) is 15.5. The molecular weight excluding hydrogens is 226 g/mol. The highest BCUT2D eigenvalue weighted by Gasteiger charge is 2.23. The van der Waals surface area contributed by atoms with E-state index in [4.69, 9.17) is 0 Å². The van der Waals surface area contributed by atoms with Crippen LogP contribution in [0.1, 0.15) is 10.5 Å². The largest absolute Gasteiger partial charge is 0.351 e. The lowest BCUT2D eigenvalue weighted by atomic mass is 10.3. The Balaban J connectivity index is 2.21. The Morgan fingerprint density at radius 3 is 2.69 bits per heavy atom. The molecule has 2 rings (SSSR count). The molecule has 1 aromatic rings. The number of carbonyl (C=O) groups is 1. The van der Waals surface area contributed by atoms with Gasteiger partial charge in [0.05, 0.1) is 11.7 Å². The molecule has 1 aliphatic heterocycles. The van der Waals surface area contributed by atoms with Crippen molar-refractivity contribution in [3.63, 3.8) is 0 Å². The van der Waals surface area contributed by atoms with Crippen LogP contribution in [0.2, 0.25) is 0 Å². The average molecular weight is 241 g/mol. The molecular formula is C9H15N5OS. The van der Waals surface area contributed by atoms with Crippen LogP contribution in [0.5, 0.6) is 0 Å². The van der Waals surface area contributed by atoms with Gasteiger partial charge in [-0.1, -0.05) is 0 Å². The van der Waals surface area contributed by atoms with Gasteiger partial charge in [-0.05, 0) is 0 Å². The minimum absolute atomic E-state index is 0.0812. The highest BCUT2D eigenvalue weighted by atomic mass is 32.1. The monoisotopic (exact) mass is 241 g/mol. The van der Waals surface area contributed by atoms with E-state index in [0.717, 1.165) is 43.7 Å². The zero-order valence-electron chi connectivity index (χ0n) is 9.43. The Labute approximate surface area is 98.6 Å². The number of hydrogen-bond donors (Lipinski definition) is 1. The molecule has 1 aliphatic rings. The van der Waals surface area contributed by atoms with Crippen LogP contribution in [0.25, 0.3) is 0 Å². The van der Waals surface area contributed by atoms with E-state index < -0.39 is 0 Å². The molecule has 88 valence electrons. The second-order valence-corrected chi connectivity index (χ2v) is 4.40. The molecule has 1 N–H and O–H groups in total. The van der Waals surface area contributed by atoms with Crippen molar-refractivity contribution in [3.05, 3.63) is 5.69 Å². The van der Waals surface area contributed by atoms with Gasteiger partial charge in [-0.25, -0.2) is 0 Å². The summed E-state index contributed by atoms with van der Waals surface area (Å²) in [7, 11) is 3.45.